The molecule has 2 aromatic heterocycles. The molecule has 2 N–H and O–H groups in total. The van der Waals surface area contributed by atoms with Gasteiger partial charge in [0.2, 0.25) is 0 Å². The summed E-state index contributed by atoms with van der Waals surface area (Å²) in [7, 11) is 1.80. The Bertz CT molecular complexity index is 909. The molecular weight excluding hydrogens is 346 g/mol. The predicted octanol–water partition coefficient (Wildman–Crippen LogP) is 2.68. The second-order valence-electron chi connectivity index (χ2n) is 6.65. The van der Waals surface area contributed by atoms with Crippen molar-refractivity contribution >= 4 is 22.4 Å². The first-order valence-corrected chi connectivity index (χ1v) is 9.52. The molecule has 3 aromatic rings. The van der Waals surface area contributed by atoms with Crippen LogP contribution in [0.15, 0.2) is 48.0 Å². The maximum Gasteiger partial charge on any atom is 0.272 e. The van der Waals surface area contributed by atoms with Crippen LogP contribution in [0.2, 0.25) is 0 Å². The molecular formula is C19H21N5OS. The van der Waals surface area contributed by atoms with Crippen molar-refractivity contribution in [3.05, 3.63) is 64.9 Å². The number of benzene rings is 1. The van der Waals surface area contributed by atoms with Crippen LogP contribution >= 0.6 is 11.3 Å². The predicted molar refractivity (Wildman–Crippen MR) is 102 cm³/mol. The van der Waals surface area contributed by atoms with Crippen molar-refractivity contribution in [3.63, 3.8) is 0 Å². The molecule has 0 saturated carbocycles. The van der Waals surface area contributed by atoms with Crippen LogP contribution in [0.3, 0.4) is 0 Å². The fraction of sp³-hybridized carbons (Fsp3) is 0.316. The first-order valence-electron chi connectivity index (χ1n) is 8.64. The van der Waals surface area contributed by atoms with Gasteiger partial charge in [-0.05, 0) is 24.5 Å². The van der Waals surface area contributed by atoms with Crippen molar-refractivity contribution in [1.29, 1.82) is 0 Å². The van der Waals surface area contributed by atoms with Gasteiger partial charge in [0.1, 0.15) is 5.69 Å². The number of rotatable bonds is 3. The molecule has 4 rings (SSSR count). The second kappa shape index (κ2) is 6.57. The van der Waals surface area contributed by atoms with E-state index in [9.17, 15) is 4.79 Å². The van der Waals surface area contributed by atoms with Crippen LogP contribution in [0, 0.1) is 0 Å². The quantitative estimate of drug-likeness (QED) is 0.772. The summed E-state index contributed by atoms with van der Waals surface area (Å²) in [6.45, 7) is 1.35. The molecule has 1 fully saturated rings. The van der Waals surface area contributed by atoms with Gasteiger partial charge in [0.05, 0.1) is 5.69 Å². The lowest BCUT2D eigenvalue weighted by molar-refractivity contribution is 0.0673. The molecule has 0 atom stereocenters. The van der Waals surface area contributed by atoms with Gasteiger partial charge in [-0.1, -0.05) is 30.3 Å². The standard InChI is InChI=1S/C19H21N5OS/c1-23-15(7-10-21-23)17(25)24-11-8-19(9-12-24,14-5-3-2-4-6-14)16-13-26-18(20)22-16/h2-7,10,13H,8-9,11-12H2,1H3,(H2,20,22). The Balaban J connectivity index is 1.63. The highest BCUT2D eigenvalue weighted by molar-refractivity contribution is 7.13. The summed E-state index contributed by atoms with van der Waals surface area (Å²) in [6, 6.07) is 12.2. The number of aryl methyl sites for hydroxylation is 1. The SMILES string of the molecule is Cn1nccc1C(=O)N1CCC(c2ccccc2)(c2csc(N)n2)CC1. The molecule has 0 spiro atoms. The van der Waals surface area contributed by atoms with E-state index in [0.717, 1.165) is 18.5 Å². The molecule has 1 saturated heterocycles. The van der Waals surface area contributed by atoms with E-state index < -0.39 is 0 Å². The van der Waals surface area contributed by atoms with E-state index >= 15 is 0 Å². The van der Waals surface area contributed by atoms with Crippen LogP contribution in [0.25, 0.3) is 0 Å². The van der Waals surface area contributed by atoms with E-state index in [1.165, 1.54) is 16.9 Å². The zero-order valence-corrected chi connectivity index (χ0v) is 15.4. The highest BCUT2D eigenvalue weighted by Gasteiger charge is 2.41. The molecule has 7 heteroatoms. The summed E-state index contributed by atoms with van der Waals surface area (Å²) >= 11 is 1.47. The van der Waals surface area contributed by atoms with Gasteiger partial charge in [0, 0.05) is 37.1 Å². The summed E-state index contributed by atoms with van der Waals surface area (Å²) in [4.78, 5) is 19.3. The summed E-state index contributed by atoms with van der Waals surface area (Å²) in [5.41, 5.74) is 8.58. The van der Waals surface area contributed by atoms with E-state index in [1.54, 1.807) is 24.0 Å². The highest BCUT2D eigenvalue weighted by Crippen LogP contribution is 2.42. The largest absolute Gasteiger partial charge is 0.375 e. The number of anilines is 1. The first-order chi connectivity index (χ1) is 12.6. The third-order valence-electron chi connectivity index (χ3n) is 5.28. The molecule has 0 bridgehead atoms. The van der Waals surface area contributed by atoms with Crippen molar-refractivity contribution in [3.8, 4) is 0 Å². The van der Waals surface area contributed by atoms with Crippen LogP contribution < -0.4 is 5.73 Å². The Kier molecular flexibility index (Phi) is 4.24. The van der Waals surface area contributed by atoms with E-state index in [1.807, 2.05) is 11.0 Å². The normalized spacial score (nSPS) is 16.6. The van der Waals surface area contributed by atoms with Gasteiger partial charge in [0.25, 0.3) is 5.91 Å². The van der Waals surface area contributed by atoms with Crippen LogP contribution in [0.5, 0.6) is 0 Å². The number of nitrogen functional groups attached to an aromatic ring is 1. The molecule has 1 aromatic carbocycles. The van der Waals surface area contributed by atoms with Gasteiger partial charge < -0.3 is 10.6 Å². The summed E-state index contributed by atoms with van der Waals surface area (Å²) in [5, 5.41) is 6.75. The van der Waals surface area contributed by atoms with Gasteiger partial charge in [-0.2, -0.15) is 5.10 Å². The molecule has 0 radical (unpaired) electrons. The Morgan fingerprint density at radius 2 is 1.92 bits per heavy atom. The minimum absolute atomic E-state index is 0.0319. The zero-order chi connectivity index (χ0) is 18.1. The average Bonchev–Trinajstić information content (AvgIpc) is 3.30. The lowest BCUT2D eigenvalue weighted by Gasteiger charge is -2.41. The Labute approximate surface area is 156 Å². The van der Waals surface area contributed by atoms with Crippen LogP contribution in [-0.4, -0.2) is 38.7 Å². The third kappa shape index (κ3) is 2.78. The van der Waals surface area contributed by atoms with Gasteiger partial charge in [-0.15, -0.1) is 11.3 Å². The highest BCUT2D eigenvalue weighted by atomic mass is 32.1. The van der Waals surface area contributed by atoms with E-state index in [-0.39, 0.29) is 11.3 Å². The van der Waals surface area contributed by atoms with Gasteiger partial charge >= 0.3 is 0 Å². The Morgan fingerprint density at radius 1 is 1.19 bits per heavy atom. The maximum atomic E-state index is 12.8. The number of carbonyl (C=O) groups is 1. The molecule has 1 amide bonds. The molecule has 3 heterocycles. The van der Waals surface area contributed by atoms with Crippen LogP contribution in [0.4, 0.5) is 5.13 Å². The van der Waals surface area contributed by atoms with Crippen molar-refractivity contribution in [2.45, 2.75) is 18.3 Å². The number of hydrogen-bond acceptors (Lipinski definition) is 5. The van der Waals surface area contributed by atoms with Gasteiger partial charge in [-0.3, -0.25) is 9.48 Å². The van der Waals surface area contributed by atoms with E-state index in [0.29, 0.717) is 23.9 Å². The van der Waals surface area contributed by atoms with E-state index in [2.05, 4.69) is 39.7 Å². The summed E-state index contributed by atoms with van der Waals surface area (Å²) < 4.78 is 1.63. The minimum atomic E-state index is -0.196. The number of amides is 1. The third-order valence-corrected chi connectivity index (χ3v) is 5.96. The maximum absolute atomic E-state index is 12.8. The number of hydrogen-bond donors (Lipinski definition) is 1. The minimum Gasteiger partial charge on any atom is -0.375 e. The molecule has 0 aliphatic carbocycles. The zero-order valence-electron chi connectivity index (χ0n) is 14.6. The smallest absolute Gasteiger partial charge is 0.272 e. The lowest BCUT2D eigenvalue weighted by Crippen LogP contribution is -2.46. The first kappa shape index (κ1) is 16.8. The number of aromatic nitrogens is 3. The fourth-order valence-electron chi connectivity index (χ4n) is 3.79. The number of nitrogens with two attached hydrogens (primary N) is 1. The van der Waals surface area contributed by atoms with Gasteiger partial charge in [0.15, 0.2) is 5.13 Å². The number of likely N-dealkylation sites (tertiary alicyclic amines) is 1. The van der Waals surface area contributed by atoms with Crippen molar-refractivity contribution < 1.29 is 4.79 Å². The van der Waals surface area contributed by atoms with E-state index in [4.69, 9.17) is 5.73 Å². The number of nitrogens with zero attached hydrogens (tertiary/aromatic N) is 4. The van der Waals surface area contributed by atoms with Crippen LogP contribution in [-0.2, 0) is 12.5 Å². The molecule has 0 unspecified atom stereocenters. The summed E-state index contributed by atoms with van der Waals surface area (Å²) in [5.74, 6) is 0.0319. The molecule has 1 aliphatic rings. The number of piperidine rings is 1. The molecule has 134 valence electrons. The van der Waals surface area contributed by atoms with Crippen molar-refractivity contribution in [2.24, 2.45) is 7.05 Å². The topological polar surface area (TPSA) is 77.0 Å². The molecule has 1 aliphatic heterocycles. The monoisotopic (exact) mass is 367 g/mol. The fourth-order valence-corrected chi connectivity index (χ4v) is 4.46. The lowest BCUT2D eigenvalue weighted by atomic mass is 9.70. The van der Waals surface area contributed by atoms with Crippen molar-refractivity contribution in [2.75, 3.05) is 18.8 Å². The number of thiazole rings is 1. The Morgan fingerprint density at radius 3 is 2.50 bits per heavy atom. The molecule has 6 nitrogen and oxygen atoms in total. The summed E-state index contributed by atoms with van der Waals surface area (Å²) in [6.07, 6.45) is 3.30. The van der Waals surface area contributed by atoms with Crippen molar-refractivity contribution in [1.82, 2.24) is 19.7 Å². The van der Waals surface area contributed by atoms with Gasteiger partial charge in [-0.25, -0.2) is 4.98 Å². The van der Waals surface area contributed by atoms with Crippen LogP contribution in [0.1, 0.15) is 34.6 Å². The molecule has 26 heavy (non-hydrogen) atoms. The Hall–Kier alpha value is -2.67. The second-order valence-corrected chi connectivity index (χ2v) is 7.54. The number of carbonyl (C=O) groups excluding carboxylic acids is 1. The average molecular weight is 367 g/mol.